The molecule has 0 spiro atoms. The molecule has 4 bridgehead atoms. The number of ether oxygens (including phenoxy) is 1. The van der Waals surface area contributed by atoms with Gasteiger partial charge in [-0.3, -0.25) is 4.79 Å². The first-order valence-electron chi connectivity index (χ1n) is 10.8. The number of hydrogen-bond donors (Lipinski definition) is 3. The molecule has 6 rings (SSSR count). The number of nitrogens with two attached hydrogens (primary N) is 1. The van der Waals surface area contributed by atoms with Gasteiger partial charge >= 0.3 is 6.09 Å². The van der Waals surface area contributed by atoms with E-state index >= 15 is 0 Å². The highest BCUT2D eigenvalue weighted by Crippen LogP contribution is 2.57. The van der Waals surface area contributed by atoms with E-state index in [2.05, 4.69) is 20.6 Å². The second kappa shape index (κ2) is 7.21. The summed E-state index contributed by atoms with van der Waals surface area (Å²) in [5.41, 5.74) is 6.14. The fourth-order valence-electron chi connectivity index (χ4n) is 6.35. The van der Waals surface area contributed by atoms with Gasteiger partial charge in [0.05, 0.1) is 0 Å². The molecule has 4 aliphatic rings. The highest BCUT2D eigenvalue weighted by atomic mass is 16.6. The van der Waals surface area contributed by atoms with Crippen LogP contribution in [-0.2, 0) is 0 Å². The largest absolute Gasteiger partial charge is 0.414 e. The van der Waals surface area contributed by atoms with Gasteiger partial charge in [-0.25, -0.2) is 14.8 Å². The number of nitrogens with zero attached hydrogens (tertiary/aromatic N) is 2. The van der Waals surface area contributed by atoms with Gasteiger partial charge in [-0.15, -0.1) is 0 Å². The van der Waals surface area contributed by atoms with E-state index in [0.717, 1.165) is 37.8 Å². The fourth-order valence-corrected chi connectivity index (χ4v) is 6.35. The number of hydrogen-bond acceptors (Lipinski definition) is 6. The Kier molecular flexibility index (Phi) is 4.60. The Morgan fingerprint density at radius 1 is 1.00 bits per heavy atom. The van der Waals surface area contributed by atoms with Gasteiger partial charge in [0.15, 0.2) is 0 Å². The molecule has 0 saturated heterocycles. The smallest absolute Gasteiger partial charge is 0.391 e. The molecule has 2 aromatic heterocycles. The Bertz CT molecular complexity index is 1030. The molecule has 0 radical (unpaired) electrons. The van der Waals surface area contributed by atoms with Crippen molar-refractivity contribution < 1.29 is 14.3 Å². The SMILES string of the molecule is Cc1cccc(OC(=O)NC23CC4CC(C2)CC(NC(=O)c2cccc(N)n2)(C4)C3)n1. The van der Waals surface area contributed by atoms with Crippen LogP contribution in [0, 0.1) is 18.8 Å². The van der Waals surface area contributed by atoms with Gasteiger partial charge in [-0.1, -0.05) is 12.1 Å². The monoisotopic (exact) mass is 421 g/mol. The molecule has 31 heavy (non-hydrogen) atoms. The first kappa shape index (κ1) is 19.8. The molecule has 162 valence electrons. The summed E-state index contributed by atoms with van der Waals surface area (Å²) >= 11 is 0. The van der Waals surface area contributed by atoms with E-state index in [1.54, 1.807) is 24.3 Å². The van der Waals surface area contributed by atoms with Crippen LogP contribution in [0.5, 0.6) is 5.88 Å². The van der Waals surface area contributed by atoms with Crippen molar-refractivity contribution in [1.29, 1.82) is 0 Å². The molecule has 4 fully saturated rings. The van der Waals surface area contributed by atoms with Crippen LogP contribution in [0.2, 0.25) is 0 Å². The van der Waals surface area contributed by atoms with Crippen molar-refractivity contribution in [2.45, 2.75) is 56.5 Å². The minimum Gasteiger partial charge on any atom is -0.391 e. The highest BCUT2D eigenvalue weighted by Gasteiger charge is 2.59. The van der Waals surface area contributed by atoms with E-state index in [-0.39, 0.29) is 22.9 Å². The van der Waals surface area contributed by atoms with Gasteiger partial charge in [0.25, 0.3) is 5.91 Å². The van der Waals surface area contributed by atoms with Crippen LogP contribution in [0.3, 0.4) is 0 Å². The predicted octanol–water partition coefficient (Wildman–Crippen LogP) is 2.98. The number of nitrogen functional groups attached to an aromatic ring is 1. The van der Waals surface area contributed by atoms with E-state index in [0.29, 0.717) is 29.8 Å². The van der Waals surface area contributed by atoms with Crippen molar-refractivity contribution in [3.05, 3.63) is 47.8 Å². The summed E-state index contributed by atoms with van der Waals surface area (Å²) in [7, 11) is 0. The lowest BCUT2D eigenvalue weighted by Gasteiger charge is -2.61. The Morgan fingerprint density at radius 2 is 1.68 bits per heavy atom. The molecular weight excluding hydrogens is 394 g/mol. The summed E-state index contributed by atoms with van der Waals surface area (Å²) in [4.78, 5) is 34.0. The van der Waals surface area contributed by atoms with Crippen molar-refractivity contribution in [2.75, 3.05) is 5.73 Å². The van der Waals surface area contributed by atoms with Crippen molar-refractivity contribution in [3.8, 4) is 5.88 Å². The van der Waals surface area contributed by atoms with E-state index < -0.39 is 6.09 Å². The highest BCUT2D eigenvalue weighted by molar-refractivity contribution is 5.93. The van der Waals surface area contributed by atoms with Crippen molar-refractivity contribution in [1.82, 2.24) is 20.6 Å². The fraction of sp³-hybridized carbons (Fsp3) is 0.478. The zero-order valence-electron chi connectivity index (χ0n) is 17.6. The van der Waals surface area contributed by atoms with Crippen LogP contribution in [0.1, 0.15) is 54.7 Å². The topological polar surface area (TPSA) is 119 Å². The van der Waals surface area contributed by atoms with Crippen LogP contribution in [0.4, 0.5) is 10.6 Å². The molecule has 2 heterocycles. The number of aromatic nitrogens is 2. The van der Waals surface area contributed by atoms with E-state index in [1.165, 1.54) is 0 Å². The molecule has 2 amide bonds. The van der Waals surface area contributed by atoms with Gasteiger partial charge in [-0.2, -0.15) is 0 Å². The van der Waals surface area contributed by atoms with E-state index in [4.69, 9.17) is 10.5 Å². The third-order valence-corrected chi connectivity index (χ3v) is 6.87. The lowest BCUT2D eigenvalue weighted by atomic mass is 9.50. The first-order chi connectivity index (χ1) is 14.8. The van der Waals surface area contributed by atoms with Gasteiger partial charge in [0, 0.05) is 22.8 Å². The summed E-state index contributed by atoms with van der Waals surface area (Å²) in [5, 5.41) is 6.41. The molecule has 4 saturated carbocycles. The number of nitrogens with one attached hydrogen (secondary N) is 2. The predicted molar refractivity (Wildman–Crippen MR) is 114 cm³/mol. The molecule has 2 aromatic rings. The van der Waals surface area contributed by atoms with Crippen molar-refractivity contribution in [3.63, 3.8) is 0 Å². The van der Waals surface area contributed by atoms with Gasteiger partial charge in [0.1, 0.15) is 11.5 Å². The molecular formula is C23H27N5O3. The number of pyridine rings is 2. The average Bonchev–Trinajstić information content (AvgIpc) is 2.66. The number of rotatable bonds is 4. The number of carbonyl (C=O) groups is 2. The van der Waals surface area contributed by atoms with Crippen molar-refractivity contribution in [2.24, 2.45) is 11.8 Å². The van der Waals surface area contributed by atoms with Crippen LogP contribution in [0.25, 0.3) is 0 Å². The normalized spacial score (nSPS) is 30.6. The summed E-state index contributed by atoms with van der Waals surface area (Å²) in [6.45, 7) is 1.85. The summed E-state index contributed by atoms with van der Waals surface area (Å²) in [5.74, 6) is 1.33. The van der Waals surface area contributed by atoms with Crippen LogP contribution >= 0.6 is 0 Å². The number of anilines is 1. The summed E-state index contributed by atoms with van der Waals surface area (Å²) in [6.07, 6.45) is 5.02. The maximum Gasteiger partial charge on any atom is 0.414 e. The zero-order valence-corrected chi connectivity index (χ0v) is 17.6. The molecule has 0 aliphatic heterocycles. The Hall–Kier alpha value is -3.16. The van der Waals surface area contributed by atoms with Gasteiger partial charge in [-0.05, 0) is 75.5 Å². The first-order valence-corrected chi connectivity index (χ1v) is 10.8. The number of amides is 2. The minimum atomic E-state index is -0.487. The van der Waals surface area contributed by atoms with Crippen molar-refractivity contribution >= 4 is 17.8 Å². The summed E-state index contributed by atoms with van der Waals surface area (Å²) < 4.78 is 5.46. The molecule has 8 heteroatoms. The average molecular weight is 422 g/mol. The second-order valence-corrected chi connectivity index (χ2v) is 9.56. The van der Waals surface area contributed by atoms with Gasteiger partial charge < -0.3 is 21.1 Å². The maximum absolute atomic E-state index is 12.9. The third-order valence-electron chi connectivity index (χ3n) is 6.87. The van der Waals surface area contributed by atoms with Gasteiger partial charge in [0.2, 0.25) is 5.88 Å². The lowest BCUT2D eigenvalue weighted by Crippen LogP contribution is -2.70. The summed E-state index contributed by atoms with van der Waals surface area (Å²) in [6, 6.07) is 10.4. The molecule has 2 atom stereocenters. The Labute approximate surface area is 181 Å². The quantitative estimate of drug-likeness (QED) is 0.698. The maximum atomic E-state index is 12.9. The minimum absolute atomic E-state index is 0.212. The van der Waals surface area contributed by atoms with Crippen LogP contribution in [-0.4, -0.2) is 33.0 Å². The van der Waals surface area contributed by atoms with Crippen LogP contribution in [0.15, 0.2) is 36.4 Å². The Morgan fingerprint density at radius 3 is 2.35 bits per heavy atom. The molecule has 4 aliphatic carbocycles. The number of carbonyl (C=O) groups excluding carboxylic acids is 2. The zero-order chi connectivity index (χ0) is 21.6. The molecule has 8 nitrogen and oxygen atoms in total. The van der Waals surface area contributed by atoms with E-state index in [9.17, 15) is 9.59 Å². The van der Waals surface area contributed by atoms with Crippen LogP contribution < -0.4 is 21.1 Å². The third kappa shape index (κ3) is 3.94. The lowest BCUT2D eigenvalue weighted by molar-refractivity contribution is -0.0450. The number of aryl methyl sites for hydroxylation is 1. The van der Waals surface area contributed by atoms with E-state index in [1.807, 2.05) is 19.1 Å². The standard InChI is InChI=1S/C23H27N5O3/c1-14-4-2-7-19(25-14)31-21(30)28-23-11-15-8-16(12-23)10-22(9-15,13-23)27-20(29)17-5-3-6-18(24)26-17/h2-7,15-16H,8-13H2,1H3,(H2,24,26)(H,27,29)(H,28,30). The Balaban J connectivity index is 1.32. The second-order valence-electron chi connectivity index (χ2n) is 9.56. The molecule has 0 aromatic carbocycles. The molecule has 2 unspecified atom stereocenters. The molecule has 4 N–H and O–H groups in total.